The van der Waals surface area contributed by atoms with Crippen LogP contribution in [-0.4, -0.2) is 17.5 Å². The highest BCUT2D eigenvalue weighted by molar-refractivity contribution is 6.03. The van der Waals surface area contributed by atoms with Gasteiger partial charge < -0.3 is 4.74 Å². The summed E-state index contributed by atoms with van der Waals surface area (Å²) >= 11 is 0. The van der Waals surface area contributed by atoms with Crippen molar-refractivity contribution in [1.29, 1.82) is 0 Å². The van der Waals surface area contributed by atoms with Crippen LogP contribution in [-0.2, 0) is 4.74 Å². The van der Waals surface area contributed by atoms with Gasteiger partial charge in [0.2, 0.25) is 0 Å². The highest BCUT2D eigenvalue weighted by atomic mass is 16.6. The van der Waals surface area contributed by atoms with Gasteiger partial charge in [-0.05, 0) is 39.3 Å². The number of carbonyl (C=O) groups is 2. The van der Waals surface area contributed by atoms with Crippen LogP contribution in [0.25, 0.3) is 0 Å². The number of allylic oxidation sites excluding steroid dienone is 1. The summed E-state index contributed by atoms with van der Waals surface area (Å²) in [5, 5.41) is 2.62. The van der Waals surface area contributed by atoms with Gasteiger partial charge in [-0.15, -0.1) is 6.58 Å². The molecule has 1 rings (SSSR count). The van der Waals surface area contributed by atoms with Crippen molar-refractivity contribution < 1.29 is 14.3 Å². The van der Waals surface area contributed by atoms with Crippen molar-refractivity contribution in [3.63, 3.8) is 0 Å². The monoisotopic (exact) mass is 275 g/mol. The second-order valence-corrected chi connectivity index (χ2v) is 5.42. The number of hydrogen-bond acceptors (Lipinski definition) is 3. The topological polar surface area (TPSA) is 55.4 Å². The molecule has 1 aromatic rings. The second kappa shape index (κ2) is 6.89. The largest absolute Gasteiger partial charge is 0.444 e. The molecule has 0 spiro atoms. The van der Waals surface area contributed by atoms with Crippen molar-refractivity contribution in [2.75, 3.05) is 5.32 Å². The van der Waals surface area contributed by atoms with Gasteiger partial charge >= 0.3 is 6.09 Å². The smallest absolute Gasteiger partial charge is 0.412 e. The SMILES string of the molecule is C=CCCC(=O)c1ccccc1NC(=O)OC(C)(C)C. The zero-order valence-electron chi connectivity index (χ0n) is 12.2. The predicted octanol–water partition coefficient (Wildman–Crippen LogP) is 4.18. The molecule has 4 nitrogen and oxygen atoms in total. The van der Waals surface area contributed by atoms with Crippen LogP contribution < -0.4 is 5.32 Å². The minimum Gasteiger partial charge on any atom is -0.444 e. The standard InChI is InChI=1S/C16H21NO3/c1-5-6-11-14(18)12-9-7-8-10-13(12)17-15(19)20-16(2,3)4/h5,7-10H,1,6,11H2,2-4H3,(H,17,19). The zero-order chi connectivity index (χ0) is 15.2. The van der Waals surface area contributed by atoms with E-state index in [9.17, 15) is 9.59 Å². The highest BCUT2D eigenvalue weighted by Gasteiger charge is 2.18. The first kappa shape index (κ1) is 16.0. The van der Waals surface area contributed by atoms with E-state index in [-0.39, 0.29) is 5.78 Å². The molecule has 1 aromatic carbocycles. The number of hydrogen-bond donors (Lipinski definition) is 1. The summed E-state index contributed by atoms with van der Waals surface area (Å²) in [5.74, 6) is -0.0310. The molecule has 20 heavy (non-hydrogen) atoms. The average Bonchev–Trinajstić information content (AvgIpc) is 2.34. The van der Waals surface area contributed by atoms with Crippen molar-refractivity contribution in [3.8, 4) is 0 Å². The van der Waals surface area contributed by atoms with Gasteiger partial charge in [-0.1, -0.05) is 18.2 Å². The van der Waals surface area contributed by atoms with Crippen LogP contribution >= 0.6 is 0 Å². The number of amides is 1. The molecule has 0 saturated carbocycles. The lowest BCUT2D eigenvalue weighted by atomic mass is 10.0. The predicted molar refractivity (Wildman–Crippen MR) is 80.1 cm³/mol. The fourth-order valence-electron chi connectivity index (χ4n) is 1.62. The third-order valence-electron chi connectivity index (χ3n) is 2.44. The fraction of sp³-hybridized carbons (Fsp3) is 0.375. The maximum atomic E-state index is 12.1. The molecular weight excluding hydrogens is 254 g/mol. The first-order chi connectivity index (χ1) is 9.33. The molecule has 0 radical (unpaired) electrons. The maximum absolute atomic E-state index is 12.1. The fourth-order valence-corrected chi connectivity index (χ4v) is 1.62. The number of carbonyl (C=O) groups excluding carboxylic acids is 2. The molecular formula is C16H21NO3. The Kier molecular flexibility index (Phi) is 5.50. The van der Waals surface area contributed by atoms with Gasteiger partial charge in [-0.2, -0.15) is 0 Å². The Balaban J connectivity index is 2.82. The molecule has 108 valence electrons. The summed E-state index contributed by atoms with van der Waals surface area (Å²) in [5.41, 5.74) is 0.377. The van der Waals surface area contributed by atoms with Crippen molar-refractivity contribution in [2.45, 2.75) is 39.2 Å². The van der Waals surface area contributed by atoms with E-state index in [1.165, 1.54) is 0 Å². The lowest BCUT2D eigenvalue weighted by molar-refractivity contribution is 0.0636. The zero-order valence-corrected chi connectivity index (χ0v) is 12.2. The molecule has 0 aromatic heterocycles. The quantitative estimate of drug-likeness (QED) is 0.647. The first-order valence-corrected chi connectivity index (χ1v) is 6.56. The maximum Gasteiger partial charge on any atom is 0.412 e. The molecule has 0 unspecified atom stereocenters. The molecule has 0 aliphatic heterocycles. The minimum absolute atomic E-state index is 0.0310. The van der Waals surface area contributed by atoms with E-state index < -0.39 is 11.7 Å². The number of anilines is 1. The molecule has 0 aliphatic rings. The van der Waals surface area contributed by atoms with Crippen LogP contribution in [0.5, 0.6) is 0 Å². The molecule has 0 atom stereocenters. The second-order valence-electron chi connectivity index (χ2n) is 5.42. The molecule has 0 aliphatic carbocycles. The normalized spacial score (nSPS) is 10.8. The Bertz CT molecular complexity index is 501. The van der Waals surface area contributed by atoms with Crippen LogP contribution in [0.3, 0.4) is 0 Å². The summed E-state index contributed by atoms with van der Waals surface area (Å²) in [6.45, 7) is 8.95. The van der Waals surface area contributed by atoms with E-state index >= 15 is 0 Å². The molecule has 0 heterocycles. The molecule has 1 amide bonds. The number of nitrogens with one attached hydrogen (secondary N) is 1. The van der Waals surface area contributed by atoms with Crippen LogP contribution in [0.15, 0.2) is 36.9 Å². The van der Waals surface area contributed by atoms with Crippen LogP contribution in [0.2, 0.25) is 0 Å². The third kappa shape index (κ3) is 5.26. The van der Waals surface area contributed by atoms with E-state index in [4.69, 9.17) is 4.74 Å². The van der Waals surface area contributed by atoms with Gasteiger partial charge in [0.05, 0.1) is 5.69 Å². The number of rotatable bonds is 5. The number of Topliss-reactive ketones (excluding diaryl/α,β-unsaturated/α-hetero) is 1. The summed E-state index contributed by atoms with van der Waals surface area (Å²) in [6, 6.07) is 6.90. The lowest BCUT2D eigenvalue weighted by Crippen LogP contribution is -2.27. The minimum atomic E-state index is -0.578. The lowest BCUT2D eigenvalue weighted by Gasteiger charge is -2.20. The number of ketones is 1. The molecule has 1 N–H and O–H groups in total. The Morgan fingerprint density at radius 1 is 1.30 bits per heavy atom. The van der Waals surface area contributed by atoms with Crippen LogP contribution in [0.4, 0.5) is 10.5 Å². The molecule has 0 bridgehead atoms. The summed E-state index contributed by atoms with van der Waals surface area (Å²) in [7, 11) is 0. The first-order valence-electron chi connectivity index (χ1n) is 6.56. The molecule has 0 fully saturated rings. The van der Waals surface area contributed by atoms with Gasteiger partial charge in [0.25, 0.3) is 0 Å². The molecule has 4 heteroatoms. The Labute approximate surface area is 119 Å². The van der Waals surface area contributed by atoms with Crippen LogP contribution in [0.1, 0.15) is 44.0 Å². The number of ether oxygens (including phenoxy) is 1. The van der Waals surface area contributed by atoms with Crippen molar-refractivity contribution in [3.05, 3.63) is 42.5 Å². The number of para-hydroxylation sites is 1. The van der Waals surface area contributed by atoms with E-state index in [0.29, 0.717) is 24.1 Å². The summed E-state index contributed by atoms with van der Waals surface area (Å²) in [6.07, 6.45) is 2.11. The number of benzene rings is 1. The summed E-state index contributed by atoms with van der Waals surface area (Å²) < 4.78 is 5.18. The van der Waals surface area contributed by atoms with E-state index in [1.807, 2.05) is 0 Å². The van der Waals surface area contributed by atoms with Gasteiger partial charge in [-0.25, -0.2) is 4.79 Å². The Morgan fingerprint density at radius 2 is 1.95 bits per heavy atom. The van der Waals surface area contributed by atoms with Gasteiger partial charge in [0.15, 0.2) is 5.78 Å². The third-order valence-corrected chi connectivity index (χ3v) is 2.44. The Hall–Kier alpha value is -2.10. The van der Waals surface area contributed by atoms with Crippen LogP contribution in [0, 0.1) is 0 Å². The van der Waals surface area contributed by atoms with E-state index in [0.717, 1.165) is 0 Å². The summed E-state index contributed by atoms with van der Waals surface area (Å²) in [4.78, 5) is 23.8. The average molecular weight is 275 g/mol. The van der Waals surface area contributed by atoms with Crippen molar-refractivity contribution in [1.82, 2.24) is 0 Å². The Morgan fingerprint density at radius 3 is 2.55 bits per heavy atom. The van der Waals surface area contributed by atoms with Crippen molar-refractivity contribution >= 4 is 17.6 Å². The van der Waals surface area contributed by atoms with Gasteiger partial charge in [-0.3, -0.25) is 10.1 Å². The van der Waals surface area contributed by atoms with Gasteiger partial charge in [0.1, 0.15) is 5.60 Å². The van der Waals surface area contributed by atoms with E-state index in [2.05, 4.69) is 11.9 Å². The van der Waals surface area contributed by atoms with Gasteiger partial charge in [0, 0.05) is 12.0 Å². The van der Waals surface area contributed by atoms with Crippen molar-refractivity contribution in [2.24, 2.45) is 0 Å². The van der Waals surface area contributed by atoms with E-state index in [1.54, 1.807) is 51.1 Å². The highest BCUT2D eigenvalue weighted by Crippen LogP contribution is 2.19. The molecule has 0 saturated heterocycles.